The predicted octanol–water partition coefficient (Wildman–Crippen LogP) is 2.96. The maximum Gasteiger partial charge on any atom is 0.220 e. The molecular formula is C13H16N2OS. The summed E-state index contributed by atoms with van der Waals surface area (Å²) in [6, 6.07) is 8.02. The highest BCUT2D eigenvalue weighted by molar-refractivity contribution is 7.18. The van der Waals surface area contributed by atoms with Crippen molar-refractivity contribution in [3.05, 3.63) is 29.3 Å². The Bertz CT molecular complexity index is 486. The molecule has 0 aliphatic rings. The Morgan fingerprint density at radius 2 is 2.18 bits per heavy atom. The van der Waals surface area contributed by atoms with Gasteiger partial charge in [-0.2, -0.15) is 0 Å². The van der Waals surface area contributed by atoms with Crippen LogP contribution in [-0.2, 0) is 11.3 Å². The standard InChI is InChI=1S/C13H16N2OS/c1-9(2)7-12(16)14-8-13-15-10-5-3-4-6-11(10)17-13/h3-6,9H,7-8H2,1-2H3,(H,14,16). The van der Waals surface area contributed by atoms with Gasteiger partial charge in [-0.15, -0.1) is 11.3 Å². The van der Waals surface area contributed by atoms with E-state index in [2.05, 4.69) is 10.3 Å². The lowest BCUT2D eigenvalue weighted by molar-refractivity contribution is -0.121. The van der Waals surface area contributed by atoms with Gasteiger partial charge in [-0.3, -0.25) is 4.79 Å². The number of hydrogen-bond donors (Lipinski definition) is 1. The number of rotatable bonds is 4. The molecule has 0 unspecified atom stereocenters. The molecule has 4 heteroatoms. The highest BCUT2D eigenvalue weighted by atomic mass is 32.1. The van der Waals surface area contributed by atoms with Crippen molar-refractivity contribution in [2.45, 2.75) is 26.8 Å². The highest BCUT2D eigenvalue weighted by Crippen LogP contribution is 2.21. The molecule has 1 N–H and O–H groups in total. The Balaban J connectivity index is 1.97. The quantitative estimate of drug-likeness (QED) is 0.904. The third-order valence-electron chi connectivity index (χ3n) is 2.37. The first-order chi connectivity index (χ1) is 8.15. The lowest BCUT2D eigenvalue weighted by atomic mass is 10.1. The van der Waals surface area contributed by atoms with Crippen LogP contribution in [0, 0.1) is 5.92 Å². The average Bonchev–Trinajstić information content (AvgIpc) is 2.68. The van der Waals surface area contributed by atoms with Crippen molar-refractivity contribution in [2.24, 2.45) is 5.92 Å². The minimum atomic E-state index is 0.0965. The molecule has 0 bridgehead atoms. The van der Waals surface area contributed by atoms with E-state index in [4.69, 9.17) is 0 Å². The van der Waals surface area contributed by atoms with Gasteiger partial charge in [0, 0.05) is 6.42 Å². The van der Waals surface area contributed by atoms with Crippen molar-refractivity contribution in [1.82, 2.24) is 10.3 Å². The molecule has 17 heavy (non-hydrogen) atoms. The molecule has 3 nitrogen and oxygen atoms in total. The van der Waals surface area contributed by atoms with Gasteiger partial charge in [0.05, 0.1) is 16.8 Å². The van der Waals surface area contributed by atoms with Crippen LogP contribution in [0.25, 0.3) is 10.2 Å². The van der Waals surface area contributed by atoms with Crippen LogP contribution in [-0.4, -0.2) is 10.9 Å². The number of hydrogen-bond acceptors (Lipinski definition) is 3. The zero-order valence-corrected chi connectivity index (χ0v) is 10.9. The van der Waals surface area contributed by atoms with Crippen molar-refractivity contribution in [3.8, 4) is 0 Å². The summed E-state index contributed by atoms with van der Waals surface area (Å²) in [7, 11) is 0. The van der Waals surface area contributed by atoms with Crippen molar-refractivity contribution in [3.63, 3.8) is 0 Å². The first-order valence-electron chi connectivity index (χ1n) is 5.76. The fourth-order valence-electron chi connectivity index (χ4n) is 1.61. The van der Waals surface area contributed by atoms with Gasteiger partial charge in [0.15, 0.2) is 0 Å². The number of thiazole rings is 1. The molecular weight excluding hydrogens is 232 g/mol. The molecule has 2 aromatic rings. The third-order valence-corrected chi connectivity index (χ3v) is 3.40. The summed E-state index contributed by atoms with van der Waals surface area (Å²) in [5, 5.41) is 3.86. The van der Waals surface area contributed by atoms with E-state index in [-0.39, 0.29) is 5.91 Å². The lowest BCUT2D eigenvalue weighted by Gasteiger charge is -2.04. The van der Waals surface area contributed by atoms with Gasteiger partial charge in [0.1, 0.15) is 5.01 Å². The summed E-state index contributed by atoms with van der Waals surface area (Å²) in [5.74, 6) is 0.490. The third kappa shape index (κ3) is 3.27. The van der Waals surface area contributed by atoms with Crippen LogP contribution in [0.5, 0.6) is 0 Å². The monoisotopic (exact) mass is 248 g/mol. The van der Waals surface area contributed by atoms with Gasteiger partial charge in [0.2, 0.25) is 5.91 Å². The van der Waals surface area contributed by atoms with Crippen molar-refractivity contribution < 1.29 is 4.79 Å². The molecule has 0 fully saturated rings. The van der Waals surface area contributed by atoms with E-state index in [9.17, 15) is 4.79 Å². The van der Waals surface area contributed by atoms with E-state index >= 15 is 0 Å². The summed E-state index contributed by atoms with van der Waals surface area (Å²) < 4.78 is 1.17. The van der Waals surface area contributed by atoms with E-state index in [1.165, 1.54) is 4.70 Å². The molecule has 0 aliphatic heterocycles. The molecule has 1 heterocycles. The predicted molar refractivity (Wildman–Crippen MR) is 70.9 cm³/mol. The Morgan fingerprint density at radius 3 is 2.88 bits per heavy atom. The van der Waals surface area contributed by atoms with E-state index in [0.29, 0.717) is 18.9 Å². The maximum absolute atomic E-state index is 11.5. The first-order valence-corrected chi connectivity index (χ1v) is 6.58. The number of nitrogens with one attached hydrogen (secondary N) is 1. The van der Waals surface area contributed by atoms with Gasteiger partial charge in [0.25, 0.3) is 0 Å². The fourth-order valence-corrected chi connectivity index (χ4v) is 2.52. The maximum atomic E-state index is 11.5. The van der Waals surface area contributed by atoms with Crippen molar-refractivity contribution in [2.75, 3.05) is 0 Å². The van der Waals surface area contributed by atoms with Crippen LogP contribution in [0.1, 0.15) is 25.3 Å². The number of carbonyl (C=O) groups is 1. The zero-order valence-electron chi connectivity index (χ0n) is 10.1. The molecule has 1 aromatic heterocycles. The Labute approximate surface area is 105 Å². The number of nitrogens with zero attached hydrogens (tertiary/aromatic N) is 1. The van der Waals surface area contributed by atoms with E-state index in [0.717, 1.165) is 10.5 Å². The normalized spacial score (nSPS) is 11.0. The van der Waals surface area contributed by atoms with Gasteiger partial charge in [-0.1, -0.05) is 26.0 Å². The Morgan fingerprint density at radius 1 is 1.41 bits per heavy atom. The summed E-state index contributed by atoms with van der Waals surface area (Å²) >= 11 is 1.63. The van der Waals surface area contributed by atoms with Gasteiger partial charge in [-0.05, 0) is 18.1 Å². The van der Waals surface area contributed by atoms with Gasteiger partial charge >= 0.3 is 0 Å². The molecule has 0 saturated carbocycles. The minimum absolute atomic E-state index is 0.0965. The Kier molecular flexibility index (Phi) is 3.74. The number of benzene rings is 1. The van der Waals surface area contributed by atoms with Crippen LogP contribution >= 0.6 is 11.3 Å². The summed E-state index contributed by atoms with van der Waals surface area (Å²) in [5.41, 5.74) is 1.01. The van der Waals surface area contributed by atoms with Crippen LogP contribution in [0.15, 0.2) is 24.3 Å². The number of para-hydroxylation sites is 1. The molecule has 0 radical (unpaired) electrons. The second-order valence-electron chi connectivity index (χ2n) is 4.45. The Hall–Kier alpha value is -1.42. The second kappa shape index (κ2) is 5.27. The molecule has 0 spiro atoms. The number of carbonyl (C=O) groups excluding carboxylic acids is 1. The number of aromatic nitrogens is 1. The molecule has 1 aromatic carbocycles. The lowest BCUT2D eigenvalue weighted by Crippen LogP contribution is -2.23. The summed E-state index contributed by atoms with van der Waals surface area (Å²) in [4.78, 5) is 16.0. The minimum Gasteiger partial charge on any atom is -0.350 e. The summed E-state index contributed by atoms with van der Waals surface area (Å²) in [6.45, 7) is 4.61. The van der Waals surface area contributed by atoms with Crippen LogP contribution in [0.2, 0.25) is 0 Å². The average molecular weight is 248 g/mol. The molecule has 1 amide bonds. The van der Waals surface area contributed by atoms with Gasteiger partial charge in [-0.25, -0.2) is 4.98 Å². The zero-order chi connectivity index (χ0) is 12.3. The smallest absolute Gasteiger partial charge is 0.220 e. The SMILES string of the molecule is CC(C)CC(=O)NCc1nc2ccccc2s1. The van der Waals surface area contributed by atoms with Gasteiger partial charge < -0.3 is 5.32 Å². The topological polar surface area (TPSA) is 42.0 Å². The van der Waals surface area contributed by atoms with Crippen LogP contribution in [0.4, 0.5) is 0 Å². The van der Waals surface area contributed by atoms with E-state index < -0.39 is 0 Å². The molecule has 0 atom stereocenters. The van der Waals surface area contributed by atoms with Crippen LogP contribution in [0.3, 0.4) is 0 Å². The summed E-state index contributed by atoms with van der Waals surface area (Å²) in [6.07, 6.45) is 0.574. The van der Waals surface area contributed by atoms with Crippen LogP contribution < -0.4 is 5.32 Å². The fraction of sp³-hybridized carbons (Fsp3) is 0.385. The molecule has 0 saturated heterocycles. The number of fused-ring (bicyclic) bond motifs is 1. The first kappa shape index (κ1) is 12.0. The van der Waals surface area contributed by atoms with E-state index in [1.807, 2.05) is 38.1 Å². The second-order valence-corrected chi connectivity index (χ2v) is 5.57. The molecule has 2 rings (SSSR count). The largest absolute Gasteiger partial charge is 0.350 e. The molecule has 90 valence electrons. The van der Waals surface area contributed by atoms with Crippen molar-refractivity contribution in [1.29, 1.82) is 0 Å². The van der Waals surface area contributed by atoms with E-state index in [1.54, 1.807) is 11.3 Å². The number of amides is 1. The van der Waals surface area contributed by atoms with Crippen molar-refractivity contribution >= 4 is 27.5 Å². The highest BCUT2D eigenvalue weighted by Gasteiger charge is 2.07. The molecule has 0 aliphatic carbocycles.